The molecule has 1 aromatic carbocycles. The molecule has 0 spiro atoms. The molecule has 3 N–H and O–H groups in total. The number of nitrogens with one attached hydrogen (secondary N) is 1. The molecule has 0 radical (unpaired) electrons. The number of halogens is 4. The molecule has 3 aromatic rings. The summed E-state index contributed by atoms with van der Waals surface area (Å²) in [6.07, 6.45) is -2.93. The fraction of sp³-hybridized carbons (Fsp3) is 0.333. The Morgan fingerprint density at radius 2 is 2.00 bits per heavy atom. The Bertz CT molecular complexity index is 1310. The maximum absolute atomic E-state index is 13.3. The van der Waals surface area contributed by atoms with Crippen molar-refractivity contribution >= 4 is 35.0 Å². The second-order valence-electron chi connectivity index (χ2n) is 8.04. The Balaban J connectivity index is 0.00000156. The van der Waals surface area contributed by atoms with Crippen LogP contribution in [0.3, 0.4) is 0 Å². The van der Waals surface area contributed by atoms with Crippen LogP contribution in [-0.2, 0) is 25.8 Å². The maximum Gasteiger partial charge on any atom is 0.416 e. The van der Waals surface area contributed by atoms with Crippen LogP contribution in [0.4, 0.5) is 35.3 Å². The van der Waals surface area contributed by atoms with Gasteiger partial charge >= 0.3 is 12.2 Å². The Morgan fingerprint density at radius 3 is 2.76 bits per heavy atom. The second-order valence-corrected chi connectivity index (χ2v) is 8.38. The molecule has 13 heteroatoms. The third kappa shape index (κ3) is 5.63. The minimum Gasteiger partial charge on any atom is -0.488 e. The van der Waals surface area contributed by atoms with Gasteiger partial charge in [-0.05, 0) is 47.5 Å². The van der Waals surface area contributed by atoms with E-state index in [4.69, 9.17) is 22.1 Å². The molecule has 0 fully saturated rings. The summed E-state index contributed by atoms with van der Waals surface area (Å²) in [4.78, 5) is 29.1. The van der Waals surface area contributed by atoms with Gasteiger partial charge in [-0.2, -0.15) is 13.2 Å². The van der Waals surface area contributed by atoms with Crippen molar-refractivity contribution in [3.05, 3.63) is 64.2 Å². The normalized spacial score (nSPS) is 14.2. The van der Waals surface area contributed by atoms with E-state index in [9.17, 15) is 18.0 Å². The van der Waals surface area contributed by atoms with Crippen LogP contribution in [0.2, 0.25) is 5.28 Å². The van der Waals surface area contributed by atoms with Crippen molar-refractivity contribution in [3.8, 4) is 5.75 Å². The molecule has 2 aromatic heterocycles. The number of aromatic nitrogens is 3. The SMILES string of the molecule is CC.Nc1cc(CNc2nc(Cl)nc3c2CN(C(=O)N2CCOc4cccnc42)C3)cc(C(F)(F)F)c1. The van der Waals surface area contributed by atoms with Crippen molar-refractivity contribution in [2.24, 2.45) is 0 Å². The van der Waals surface area contributed by atoms with Crippen molar-refractivity contribution < 1.29 is 22.7 Å². The van der Waals surface area contributed by atoms with Gasteiger partial charge in [0.25, 0.3) is 0 Å². The number of hydrogen-bond donors (Lipinski definition) is 2. The number of nitrogen functional groups attached to an aromatic ring is 1. The number of anilines is 3. The molecule has 37 heavy (non-hydrogen) atoms. The smallest absolute Gasteiger partial charge is 0.416 e. The zero-order valence-corrected chi connectivity index (χ0v) is 20.9. The maximum atomic E-state index is 13.3. The van der Waals surface area contributed by atoms with Gasteiger partial charge in [0.15, 0.2) is 11.6 Å². The number of nitrogens with zero attached hydrogens (tertiary/aromatic N) is 5. The van der Waals surface area contributed by atoms with E-state index in [1.165, 1.54) is 11.0 Å². The summed E-state index contributed by atoms with van der Waals surface area (Å²) in [6, 6.07) is 6.54. The fourth-order valence-electron chi connectivity index (χ4n) is 4.08. The molecule has 2 amide bonds. The number of alkyl halides is 3. The first-order chi connectivity index (χ1) is 17.7. The highest BCUT2D eigenvalue weighted by Gasteiger charge is 2.34. The summed E-state index contributed by atoms with van der Waals surface area (Å²) in [7, 11) is 0. The zero-order valence-electron chi connectivity index (χ0n) is 20.1. The van der Waals surface area contributed by atoms with Gasteiger partial charge in [0.1, 0.15) is 12.4 Å². The number of hydrogen-bond acceptors (Lipinski definition) is 7. The molecule has 4 heterocycles. The van der Waals surface area contributed by atoms with E-state index >= 15 is 0 Å². The third-order valence-corrected chi connectivity index (χ3v) is 5.81. The molecule has 196 valence electrons. The van der Waals surface area contributed by atoms with Gasteiger partial charge in [0, 0.05) is 24.0 Å². The van der Waals surface area contributed by atoms with Crippen molar-refractivity contribution in [1.82, 2.24) is 19.9 Å². The van der Waals surface area contributed by atoms with Gasteiger partial charge in [-0.3, -0.25) is 4.90 Å². The molecule has 0 bridgehead atoms. The number of ether oxygens (including phenoxy) is 1. The van der Waals surface area contributed by atoms with E-state index in [2.05, 4.69) is 20.3 Å². The van der Waals surface area contributed by atoms with Crippen LogP contribution in [0, 0.1) is 0 Å². The van der Waals surface area contributed by atoms with Gasteiger partial charge in [0.2, 0.25) is 5.28 Å². The quantitative estimate of drug-likeness (QED) is 0.355. The van der Waals surface area contributed by atoms with Crippen LogP contribution < -0.4 is 20.7 Å². The summed E-state index contributed by atoms with van der Waals surface area (Å²) in [5.41, 5.74) is 6.33. The van der Waals surface area contributed by atoms with E-state index in [0.29, 0.717) is 47.4 Å². The monoisotopic (exact) mass is 535 g/mol. The summed E-state index contributed by atoms with van der Waals surface area (Å²) >= 11 is 6.09. The highest BCUT2D eigenvalue weighted by atomic mass is 35.5. The number of fused-ring (bicyclic) bond motifs is 2. The van der Waals surface area contributed by atoms with E-state index in [1.54, 1.807) is 23.2 Å². The molecular weight excluding hydrogens is 511 g/mol. The molecular formula is C24H25ClF3N7O2. The molecule has 5 rings (SSSR count). The van der Waals surface area contributed by atoms with Crippen LogP contribution in [0.15, 0.2) is 36.5 Å². The first-order valence-corrected chi connectivity index (χ1v) is 12.0. The first-order valence-electron chi connectivity index (χ1n) is 11.6. The van der Waals surface area contributed by atoms with E-state index in [0.717, 1.165) is 12.1 Å². The Labute approximate surface area is 216 Å². The van der Waals surface area contributed by atoms with Crippen LogP contribution in [0.5, 0.6) is 5.75 Å². The number of pyridine rings is 1. The largest absolute Gasteiger partial charge is 0.488 e. The molecule has 9 nitrogen and oxygen atoms in total. The molecule has 0 atom stereocenters. The van der Waals surface area contributed by atoms with Gasteiger partial charge < -0.3 is 20.7 Å². The fourth-order valence-corrected chi connectivity index (χ4v) is 4.27. The Morgan fingerprint density at radius 1 is 1.22 bits per heavy atom. The van der Waals surface area contributed by atoms with Crippen LogP contribution in [-0.4, -0.2) is 39.0 Å². The highest BCUT2D eigenvalue weighted by Crippen LogP contribution is 2.34. The summed E-state index contributed by atoms with van der Waals surface area (Å²) < 4.78 is 45.0. The van der Waals surface area contributed by atoms with Crippen molar-refractivity contribution in [2.45, 2.75) is 39.7 Å². The number of urea groups is 1. The topological polar surface area (TPSA) is 109 Å². The lowest BCUT2D eigenvalue weighted by atomic mass is 10.1. The van der Waals surface area contributed by atoms with E-state index < -0.39 is 11.7 Å². The summed E-state index contributed by atoms with van der Waals surface area (Å²) in [6.45, 7) is 5.08. The van der Waals surface area contributed by atoms with Crippen molar-refractivity contribution in [3.63, 3.8) is 0 Å². The number of nitrogens with two attached hydrogens (primary N) is 1. The molecule has 0 unspecified atom stereocenters. The van der Waals surface area contributed by atoms with Crippen LogP contribution in [0.25, 0.3) is 0 Å². The molecule has 2 aliphatic heterocycles. The molecule has 0 saturated carbocycles. The minimum atomic E-state index is -4.52. The zero-order chi connectivity index (χ0) is 26.7. The highest BCUT2D eigenvalue weighted by molar-refractivity contribution is 6.28. The summed E-state index contributed by atoms with van der Waals surface area (Å²) in [5.74, 6) is 1.30. The lowest BCUT2D eigenvalue weighted by Crippen LogP contribution is -2.45. The van der Waals surface area contributed by atoms with Gasteiger partial charge in [-0.1, -0.05) is 13.8 Å². The third-order valence-electron chi connectivity index (χ3n) is 5.64. The van der Waals surface area contributed by atoms with E-state index in [-0.39, 0.29) is 36.6 Å². The van der Waals surface area contributed by atoms with Crippen molar-refractivity contribution in [1.29, 1.82) is 0 Å². The average molecular weight is 536 g/mol. The van der Waals surface area contributed by atoms with Gasteiger partial charge in [0.05, 0.1) is 30.9 Å². The minimum absolute atomic E-state index is 0.00116. The predicted octanol–water partition coefficient (Wildman–Crippen LogP) is 5.10. The average Bonchev–Trinajstić information content (AvgIpc) is 3.31. The lowest BCUT2D eigenvalue weighted by Gasteiger charge is -2.31. The Hall–Kier alpha value is -3.80. The number of benzene rings is 1. The lowest BCUT2D eigenvalue weighted by molar-refractivity contribution is -0.137. The number of amides is 2. The van der Waals surface area contributed by atoms with E-state index in [1.807, 2.05) is 13.8 Å². The van der Waals surface area contributed by atoms with Gasteiger partial charge in [-0.15, -0.1) is 0 Å². The van der Waals surface area contributed by atoms with Gasteiger partial charge in [-0.25, -0.2) is 19.7 Å². The second kappa shape index (κ2) is 10.7. The number of carbonyl (C=O) groups excluding carboxylic acids is 1. The van der Waals surface area contributed by atoms with Crippen LogP contribution in [0.1, 0.15) is 36.2 Å². The van der Waals surface area contributed by atoms with Crippen molar-refractivity contribution in [2.75, 3.05) is 29.1 Å². The first kappa shape index (κ1) is 26.3. The predicted molar refractivity (Wildman–Crippen MR) is 133 cm³/mol. The Kier molecular flexibility index (Phi) is 7.58. The van der Waals surface area contributed by atoms with Crippen LogP contribution >= 0.6 is 11.6 Å². The standard InChI is InChI=1S/C22H19ClF3N7O2.C2H6/c23-20-30-16-11-32(21(34)33-4-5-35-17-2-1-3-28-19(17)33)10-15(16)18(31-20)29-9-12-6-13(22(24,25)26)8-14(27)7-12;1-2/h1-3,6-8H,4-5,9-11,27H2,(H,29,30,31);1-2H3. The molecule has 0 saturated heterocycles. The molecule has 2 aliphatic rings. The number of rotatable bonds is 3. The molecule has 0 aliphatic carbocycles. The summed E-state index contributed by atoms with van der Waals surface area (Å²) in [5, 5.41) is 2.98. The number of carbonyl (C=O) groups is 1.